The first-order chi connectivity index (χ1) is 10.7. The number of aliphatic hydroxyl groups excluding tert-OH is 1. The standard InChI is InChI=1S/C19H22O3/c1-4-5-7-14-12-16-17(13-15(14)8-6-11-20)19(22-3)10-9-18(16)21-2/h9-10,12-13,20H,4-5,7,11H2,1-3H3. The van der Waals surface area contributed by atoms with Crippen molar-refractivity contribution in [3.05, 3.63) is 35.4 Å². The van der Waals surface area contributed by atoms with Gasteiger partial charge in [0.2, 0.25) is 0 Å². The number of hydrogen-bond acceptors (Lipinski definition) is 3. The Morgan fingerprint density at radius 1 is 1.05 bits per heavy atom. The highest BCUT2D eigenvalue weighted by Gasteiger charge is 2.11. The molecule has 0 bridgehead atoms. The first-order valence-corrected chi connectivity index (χ1v) is 7.52. The Hall–Kier alpha value is -2.18. The second-order valence-corrected chi connectivity index (χ2v) is 5.09. The van der Waals surface area contributed by atoms with E-state index in [1.807, 2.05) is 18.2 Å². The number of aliphatic hydroxyl groups is 1. The van der Waals surface area contributed by atoms with Crippen molar-refractivity contribution in [2.24, 2.45) is 0 Å². The molecule has 2 aromatic rings. The molecule has 1 N–H and O–H groups in total. The molecular formula is C19H22O3. The first kappa shape index (κ1) is 16.2. The van der Waals surface area contributed by atoms with Crippen LogP contribution < -0.4 is 9.47 Å². The van der Waals surface area contributed by atoms with Crippen LogP contribution in [0, 0.1) is 11.8 Å². The van der Waals surface area contributed by atoms with Crippen molar-refractivity contribution in [1.29, 1.82) is 0 Å². The summed E-state index contributed by atoms with van der Waals surface area (Å²) in [5.41, 5.74) is 2.13. The average molecular weight is 298 g/mol. The molecule has 0 aromatic heterocycles. The van der Waals surface area contributed by atoms with Crippen LogP contribution in [-0.2, 0) is 6.42 Å². The third-order valence-corrected chi connectivity index (χ3v) is 3.70. The van der Waals surface area contributed by atoms with Gasteiger partial charge in [0.25, 0.3) is 0 Å². The molecule has 0 saturated heterocycles. The third-order valence-electron chi connectivity index (χ3n) is 3.70. The summed E-state index contributed by atoms with van der Waals surface area (Å²) in [6.45, 7) is 2.03. The highest BCUT2D eigenvalue weighted by molar-refractivity contribution is 5.95. The Bertz CT molecular complexity index is 708. The fraction of sp³-hybridized carbons (Fsp3) is 0.368. The summed E-state index contributed by atoms with van der Waals surface area (Å²) in [6, 6.07) is 7.98. The Kier molecular flexibility index (Phi) is 5.68. The first-order valence-electron chi connectivity index (χ1n) is 7.52. The van der Waals surface area contributed by atoms with Gasteiger partial charge in [-0.3, -0.25) is 0 Å². The highest BCUT2D eigenvalue weighted by atomic mass is 16.5. The Morgan fingerprint density at radius 2 is 1.68 bits per heavy atom. The number of fused-ring (bicyclic) bond motifs is 1. The number of hydrogen-bond donors (Lipinski definition) is 1. The molecule has 0 heterocycles. The summed E-state index contributed by atoms with van der Waals surface area (Å²) in [4.78, 5) is 0. The van der Waals surface area contributed by atoms with Crippen molar-refractivity contribution < 1.29 is 14.6 Å². The van der Waals surface area contributed by atoms with Crippen LogP contribution in [0.3, 0.4) is 0 Å². The van der Waals surface area contributed by atoms with Gasteiger partial charge in [0.15, 0.2) is 0 Å². The number of rotatable bonds is 5. The minimum atomic E-state index is -0.138. The quantitative estimate of drug-likeness (QED) is 0.858. The molecule has 0 fully saturated rings. The van der Waals surface area contributed by atoms with Crippen LogP contribution in [-0.4, -0.2) is 25.9 Å². The Labute approximate surface area is 131 Å². The molecule has 22 heavy (non-hydrogen) atoms. The van der Waals surface area contributed by atoms with E-state index in [-0.39, 0.29) is 6.61 Å². The Balaban J connectivity index is 2.69. The average Bonchev–Trinajstić information content (AvgIpc) is 2.56. The molecule has 0 spiro atoms. The van der Waals surface area contributed by atoms with Crippen LogP contribution in [0.1, 0.15) is 30.9 Å². The predicted octanol–water partition coefficient (Wildman–Crippen LogP) is 3.54. The van der Waals surface area contributed by atoms with Gasteiger partial charge in [0, 0.05) is 16.3 Å². The van der Waals surface area contributed by atoms with E-state index in [0.717, 1.165) is 47.1 Å². The molecule has 0 amide bonds. The maximum Gasteiger partial charge on any atom is 0.127 e. The van der Waals surface area contributed by atoms with Crippen molar-refractivity contribution in [3.63, 3.8) is 0 Å². The van der Waals surface area contributed by atoms with Crippen molar-refractivity contribution in [1.82, 2.24) is 0 Å². The summed E-state index contributed by atoms with van der Waals surface area (Å²) in [7, 11) is 3.33. The topological polar surface area (TPSA) is 38.7 Å². The van der Waals surface area contributed by atoms with Gasteiger partial charge in [-0.25, -0.2) is 0 Å². The lowest BCUT2D eigenvalue weighted by Crippen LogP contribution is -1.95. The molecule has 116 valence electrons. The zero-order chi connectivity index (χ0) is 15.9. The SMILES string of the molecule is CCCCc1cc2c(OC)ccc(OC)c2cc1C#CCO. The second kappa shape index (κ2) is 7.72. The minimum absolute atomic E-state index is 0.138. The van der Waals surface area contributed by atoms with Gasteiger partial charge in [0.05, 0.1) is 14.2 Å². The van der Waals surface area contributed by atoms with E-state index in [2.05, 4.69) is 24.8 Å². The normalized spacial score (nSPS) is 10.2. The molecule has 0 aliphatic carbocycles. The summed E-state index contributed by atoms with van der Waals surface area (Å²) < 4.78 is 10.9. The largest absolute Gasteiger partial charge is 0.496 e. The van der Waals surface area contributed by atoms with E-state index in [0.29, 0.717) is 0 Å². The van der Waals surface area contributed by atoms with Crippen molar-refractivity contribution >= 4 is 10.8 Å². The monoisotopic (exact) mass is 298 g/mol. The van der Waals surface area contributed by atoms with Crippen molar-refractivity contribution in [3.8, 4) is 23.3 Å². The zero-order valence-electron chi connectivity index (χ0n) is 13.4. The minimum Gasteiger partial charge on any atom is -0.496 e. The maximum atomic E-state index is 8.97. The third kappa shape index (κ3) is 3.35. The zero-order valence-corrected chi connectivity index (χ0v) is 13.4. The van der Waals surface area contributed by atoms with Gasteiger partial charge in [-0.05, 0) is 42.7 Å². The van der Waals surface area contributed by atoms with Crippen LogP contribution in [0.4, 0.5) is 0 Å². The number of ether oxygens (including phenoxy) is 2. The summed E-state index contributed by atoms with van der Waals surface area (Å²) in [5.74, 6) is 7.43. The van der Waals surface area contributed by atoms with E-state index >= 15 is 0 Å². The van der Waals surface area contributed by atoms with Gasteiger partial charge in [-0.15, -0.1) is 0 Å². The molecule has 0 aliphatic heterocycles. The lowest BCUT2D eigenvalue weighted by Gasteiger charge is -2.13. The fourth-order valence-electron chi connectivity index (χ4n) is 2.56. The van der Waals surface area contributed by atoms with Gasteiger partial charge in [-0.2, -0.15) is 0 Å². The molecule has 3 nitrogen and oxygen atoms in total. The van der Waals surface area contributed by atoms with Gasteiger partial charge >= 0.3 is 0 Å². The number of benzene rings is 2. The lowest BCUT2D eigenvalue weighted by molar-refractivity contribution is 0.350. The van der Waals surface area contributed by atoms with Crippen LogP contribution in [0.5, 0.6) is 11.5 Å². The summed E-state index contributed by atoms with van der Waals surface area (Å²) >= 11 is 0. The van der Waals surface area contributed by atoms with Crippen LogP contribution in [0.25, 0.3) is 10.8 Å². The van der Waals surface area contributed by atoms with Crippen molar-refractivity contribution in [2.45, 2.75) is 26.2 Å². The van der Waals surface area contributed by atoms with E-state index in [9.17, 15) is 0 Å². The molecule has 0 radical (unpaired) electrons. The van der Waals surface area contributed by atoms with Gasteiger partial charge in [0.1, 0.15) is 18.1 Å². The number of aryl methyl sites for hydroxylation is 1. The van der Waals surface area contributed by atoms with E-state index in [1.165, 1.54) is 5.56 Å². The van der Waals surface area contributed by atoms with Gasteiger partial charge in [-0.1, -0.05) is 25.2 Å². The predicted molar refractivity (Wildman–Crippen MR) is 89.6 cm³/mol. The fourth-order valence-corrected chi connectivity index (χ4v) is 2.56. The van der Waals surface area contributed by atoms with Crippen LogP contribution >= 0.6 is 0 Å². The van der Waals surface area contributed by atoms with Crippen molar-refractivity contribution in [2.75, 3.05) is 20.8 Å². The highest BCUT2D eigenvalue weighted by Crippen LogP contribution is 2.35. The second-order valence-electron chi connectivity index (χ2n) is 5.09. The maximum absolute atomic E-state index is 8.97. The van der Waals surface area contributed by atoms with Crippen LogP contribution in [0.2, 0.25) is 0 Å². The van der Waals surface area contributed by atoms with E-state index in [4.69, 9.17) is 14.6 Å². The van der Waals surface area contributed by atoms with E-state index < -0.39 is 0 Å². The molecular weight excluding hydrogens is 276 g/mol. The van der Waals surface area contributed by atoms with Crippen LogP contribution in [0.15, 0.2) is 24.3 Å². The summed E-state index contributed by atoms with van der Waals surface area (Å²) in [5, 5.41) is 11.0. The Morgan fingerprint density at radius 3 is 2.23 bits per heavy atom. The number of unbranched alkanes of at least 4 members (excludes halogenated alkanes) is 1. The summed E-state index contributed by atoms with van der Waals surface area (Å²) in [6.07, 6.45) is 3.19. The molecule has 0 saturated carbocycles. The molecule has 0 atom stereocenters. The smallest absolute Gasteiger partial charge is 0.127 e. The molecule has 2 aromatic carbocycles. The molecule has 2 rings (SSSR count). The van der Waals surface area contributed by atoms with Gasteiger partial charge < -0.3 is 14.6 Å². The number of methoxy groups -OCH3 is 2. The molecule has 0 aliphatic rings. The van der Waals surface area contributed by atoms with E-state index in [1.54, 1.807) is 14.2 Å². The lowest BCUT2D eigenvalue weighted by atomic mass is 9.96. The molecule has 0 unspecified atom stereocenters. The molecule has 3 heteroatoms.